The average Bonchev–Trinajstić information content (AvgIpc) is 3.17. The van der Waals surface area contributed by atoms with Crippen LogP contribution in [0, 0.1) is 13.8 Å². The zero-order valence-electron chi connectivity index (χ0n) is 16.0. The molecular formula is C23H19N3O3. The van der Waals surface area contributed by atoms with Crippen LogP contribution in [0.3, 0.4) is 0 Å². The fraction of sp³-hybridized carbons (Fsp3) is 0.0870. The second kappa shape index (κ2) is 7.98. The Morgan fingerprint density at radius 2 is 1.66 bits per heavy atom. The first-order valence-corrected chi connectivity index (χ1v) is 9.14. The highest BCUT2D eigenvalue weighted by molar-refractivity contribution is 6.05. The summed E-state index contributed by atoms with van der Waals surface area (Å²) < 4.78 is 11.1. The van der Waals surface area contributed by atoms with Crippen molar-refractivity contribution in [3.05, 3.63) is 89.7 Å². The van der Waals surface area contributed by atoms with Gasteiger partial charge in [-0.25, -0.2) is 0 Å². The van der Waals surface area contributed by atoms with Crippen molar-refractivity contribution >= 4 is 11.6 Å². The van der Waals surface area contributed by atoms with Gasteiger partial charge in [0.15, 0.2) is 11.6 Å². The standard InChI is InChI=1S/C23H19N3O3/c1-15-7-13-19(14-8-15)28-21-6-4-3-5-20(21)25-22(27)17-9-11-18(12-10-17)23-24-16(2)26-29-23/h3-14H,1-2H3,(H,25,27). The first-order valence-electron chi connectivity index (χ1n) is 9.14. The van der Waals surface area contributed by atoms with Gasteiger partial charge >= 0.3 is 0 Å². The Hall–Kier alpha value is -3.93. The van der Waals surface area contributed by atoms with Crippen molar-refractivity contribution in [2.45, 2.75) is 13.8 Å². The first kappa shape index (κ1) is 18.4. The molecule has 1 N–H and O–H groups in total. The van der Waals surface area contributed by atoms with E-state index in [1.54, 1.807) is 37.3 Å². The number of ether oxygens (including phenoxy) is 1. The number of carbonyl (C=O) groups is 1. The van der Waals surface area contributed by atoms with E-state index in [0.717, 1.165) is 11.1 Å². The lowest BCUT2D eigenvalue weighted by Crippen LogP contribution is -2.12. The number of anilines is 1. The molecule has 0 bridgehead atoms. The first-order chi connectivity index (χ1) is 14.1. The molecule has 0 aliphatic carbocycles. The van der Waals surface area contributed by atoms with E-state index in [0.29, 0.717) is 34.5 Å². The Balaban J connectivity index is 1.50. The van der Waals surface area contributed by atoms with E-state index < -0.39 is 0 Å². The predicted molar refractivity (Wildman–Crippen MR) is 110 cm³/mol. The van der Waals surface area contributed by atoms with Crippen LogP contribution >= 0.6 is 0 Å². The van der Waals surface area contributed by atoms with Crippen LogP contribution < -0.4 is 10.1 Å². The molecule has 6 heteroatoms. The molecule has 4 rings (SSSR count). The van der Waals surface area contributed by atoms with Crippen molar-refractivity contribution in [3.8, 4) is 23.0 Å². The number of aryl methyl sites for hydroxylation is 2. The number of rotatable bonds is 5. The van der Waals surface area contributed by atoms with Crippen LogP contribution in [0.15, 0.2) is 77.3 Å². The van der Waals surface area contributed by atoms with Gasteiger partial charge in [0, 0.05) is 11.1 Å². The predicted octanol–water partition coefficient (Wildman–Crippen LogP) is 5.40. The molecule has 0 aliphatic rings. The fourth-order valence-corrected chi connectivity index (χ4v) is 2.77. The summed E-state index contributed by atoms with van der Waals surface area (Å²) in [7, 11) is 0. The van der Waals surface area contributed by atoms with Gasteiger partial charge < -0.3 is 14.6 Å². The number of nitrogens with one attached hydrogen (secondary N) is 1. The molecule has 144 valence electrons. The molecule has 0 unspecified atom stereocenters. The molecule has 0 spiro atoms. The van der Waals surface area contributed by atoms with Crippen LogP contribution in [0.5, 0.6) is 11.5 Å². The van der Waals surface area contributed by atoms with E-state index in [2.05, 4.69) is 15.5 Å². The second-order valence-electron chi connectivity index (χ2n) is 6.59. The van der Waals surface area contributed by atoms with E-state index >= 15 is 0 Å². The maximum Gasteiger partial charge on any atom is 0.257 e. The second-order valence-corrected chi connectivity index (χ2v) is 6.59. The molecule has 0 saturated heterocycles. The van der Waals surface area contributed by atoms with Gasteiger partial charge in [-0.15, -0.1) is 0 Å². The van der Waals surface area contributed by atoms with Gasteiger partial charge in [0.1, 0.15) is 5.75 Å². The summed E-state index contributed by atoms with van der Waals surface area (Å²) in [6.07, 6.45) is 0. The molecular weight excluding hydrogens is 366 g/mol. The number of benzene rings is 3. The topological polar surface area (TPSA) is 77.2 Å². The highest BCUT2D eigenvalue weighted by Crippen LogP contribution is 2.30. The minimum absolute atomic E-state index is 0.238. The molecule has 0 atom stereocenters. The molecule has 6 nitrogen and oxygen atoms in total. The van der Waals surface area contributed by atoms with Gasteiger partial charge in [-0.3, -0.25) is 4.79 Å². The van der Waals surface area contributed by atoms with Gasteiger partial charge in [0.2, 0.25) is 0 Å². The highest BCUT2D eigenvalue weighted by atomic mass is 16.5. The number of carbonyl (C=O) groups excluding carboxylic acids is 1. The normalized spacial score (nSPS) is 10.6. The van der Waals surface area contributed by atoms with Crippen molar-refractivity contribution in [2.75, 3.05) is 5.32 Å². The SMILES string of the molecule is Cc1ccc(Oc2ccccc2NC(=O)c2ccc(-c3nc(C)no3)cc2)cc1. The number of amides is 1. The van der Waals surface area contributed by atoms with E-state index in [1.807, 2.05) is 49.4 Å². The van der Waals surface area contributed by atoms with E-state index in [4.69, 9.17) is 9.26 Å². The zero-order valence-corrected chi connectivity index (χ0v) is 16.0. The van der Waals surface area contributed by atoms with E-state index in [9.17, 15) is 4.79 Å². The number of nitrogens with zero attached hydrogens (tertiary/aromatic N) is 2. The van der Waals surface area contributed by atoms with Gasteiger partial charge in [0.05, 0.1) is 5.69 Å². The van der Waals surface area contributed by atoms with Crippen molar-refractivity contribution in [1.82, 2.24) is 10.1 Å². The third kappa shape index (κ3) is 4.32. The third-order valence-corrected chi connectivity index (χ3v) is 4.31. The van der Waals surface area contributed by atoms with Crippen molar-refractivity contribution in [2.24, 2.45) is 0 Å². The molecule has 1 amide bonds. The van der Waals surface area contributed by atoms with Gasteiger partial charge in [-0.1, -0.05) is 35.0 Å². The van der Waals surface area contributed by atoms with Crippen LogP contribution in [-0.4, -0.2) is 16.0 Å². The van der Waals surface area contributed by atoms with E-state index in [-0.39, 0.29) is 5.91 Å². The molecule has 0 saturated carbocycles. The maximum atomic E-state index is 12.7. The summed E-state index contributed by atoms with van der Waals surface area (Å²) >= 11 is 0. The lowest BCUT2D eigenvalue weighted by molar-refractivity contribution is 0.102. The number of para-hydroxylation sites is 2. The van der Waals surface area contributed by atoms with Crippen LogP contribution in [0.1, 0.15) is 21.7 Å². The Bertz CT molecular complexity index is 1130. The Labute approximate surface area is 168 Å². The largest absolute Gasteiger partial charge is 0.455 e. The Morgan fingerprint density at radius 1 is 0.931 bits per heavy atom. The monoisotopic (exact) mass is 385 g/mol. The number of hydrogen-bond donors (Lipinski definition) is 1. The lowest BCUT2D eigenvalue weighted by Gasteiger charge is -2.12. The highest BCUT2D eigenvalue weighted by Gasteiger charge is 2.12. The van der Waals surface area contributed by atoms with Crippen molar-refractivity contribution in [3.63, 3.8) is 0 Å². The molecule has 4 aromatic rings. The van der Waals surface area contributed by atoms with Crippen LogP contribution in [0.2, 0.25) is 0 Å². The molecule has 3 aromatic carbocycles. The molecule has 0 radical (unpaired) electrons. The lowest BCUT2D eigenvalue weighted by atomic mass is 10.1. The quantitative estimate of drug-likeness (QED) is 0.498. The van der Waals surface area contributed by atoms with E-state index in [1.165, 1.54) is 0 Å². The number of aromatic nitrogens is 2. The maximum absolute atomic E-state index is 12.7. The minimum Gasteiger partial charge on any atom is -0.455 e. The summed E-state index contributed by atoms with van der Waals surface area (Å²) in [5.74, 6) is 2.02. The average molecular weight is 385 g/mol. The Morgan fingerprint density at radius 3 is 2.34 bits per heavy atom. The van der Waals surface area contributed by atoms with Crippen LogP contribution in [0.25, 0.3) is 11.5 Å². The summed E-state index contributed by atoms with van der Waals surface area (Å²) in [5.41, 5.74) is 3.01. The summed E-state index contributed by atoms with van der Waals surface area (Å²) in [4.78, 5) is 16.9. The fourth-order valence-electron chi connectivity index (χ4n) is 2.77. The molecule has 1 heterocycles. The summed E-state index contributed by atoms with van der Waals surface area (Å²) in [5, 5.41) is 6.68. The van der Waals surface area contributed by atoms with Gasteiger partial charge in [-0.2, -0.15) is 4.98 Å². The minimum atomic E-state index is -0.238. The summed E-state index contributed by atoms with van der Waals surface area (Å²) in [6.45, 7) is 3.77. The third-order valence-electron chi connectivity index (χ3n) is 4.31. The van der Waals surface area contributed by atoms with Crippen LogP contribution in [0.4, 0.5) is 5.69 Å². The molecule has 29 heavy (non-hydrogen) atoms. The van der Waals surface area contributed by atoms with Gasteiger partial charge in [0.25, 0.3) is 11.8 Å². The molecule has 0 fully saturated rings. The van der Waals surface area contributed by atoms with Crippen molar-refractivity contribution < 1.29 is 14.1 Å². The van der Waals surface area contributed by atoms with Crippen LogP contribution in [-0.2, 0) is 0 Å². The van der Waals surface area contributed by atoms with Crippen molar-refractivity contribution in [1.29, 1.82) is 0 Å². The number of hydrogen-bond acceptors (Lipinski definition) is 5. The van der Waals surface area contributed by atoms with Gasteiger partial charge in [-0.05, 0) is 62.4 Å². The molecule has 0 aliphatic heterocycles. The summed E-state index contributed by atoms with van der Waals surface area (Å²) in [6, 6.07) is 22.0. The smallest absolute Gasteiger partial charge is 0.257 e. The zero-order chi connectivity index (χ0) is 20.2. The Kier molecular flexibility index (Phi) is 5.07. The molecule has 1 aromatic heterocycles.